The van der Waals surface area contributed by atoms with Gasteiger partial charge < -0.3 is 9.53 Å². The number of ether oxygens (including phenoxy) is 1. The molecule has 1 spiro atoms. The lowest BCUT2D eigenvalue weighted by atomic mass is 9.79. The van der Waals surface area contributed by atoms with Gasteiger partial charge in [-0.15, -0.1) is 0 Å². The minimum absolute atomic E-state index is 0.110. The molecule has 0 N–H and O–H groups in total. The van der Waals surface area contributed by atoms with Crippen LogP contribution in [0.5, 0.6) is 0 Å². The van der Waals surface area contributed by atoms with Crippen LogP contribution in [0.15, 0.2) is 18.7 Å². The highest BCUT2D eigenvalue weighted by molar-refractivity contribution is 5.89. The molecule has 0 aromatic carbocycles. The van der Waals surface area contributed by atoms with Crippen molar-refractivity contribution in [3.8, 4) is 0 Å². The predicted octanol–water partition coefficient (Wildman–Crippen LogP) is 1.56. The molecule has 1 amide bonds. The van der Waals surface area contributed by atoms with E-state index in [0.29, 0.717) is 12.2 Å². The molecular weight excluding hydrogens is 246 g/mol. The van der Waals surface area contributed by atoms with Crippen molar-refractivity contribution in [1.29, 1.82) is 0 Å². The second-order valence-corrected chi connectivity index (χ2v) is 5.21. The van der Waals surface area contributed by atoms with E-state index in [1.165, 1.54) is 6.33 Å². The van der Waals surface area contributed by atoms with Gasteiger partial charge >= 0.3 is 6.09 Å². The molecule has 0 atom stereocenters. The zero-order valence-electron chi connectivity index (χ0n) is 10.5. The number of aromatic nitrogens is 2. The highest BCUT2D eigenvalue weighted by Crippen LogP contribution is 2.39. The van der Waals surface area contributed by atoms with Crippen LogP contribution >= 0.6 is 0 Å². The van der Waals surface area contributed by atoms with E-state index in [1.54, 1.807) is 17.3 Å². The smallest absolute Gasteiger partial charge is 0.415 e. The zero-order chi connectivity index (χ0) is 13.3. The predicted molar refractivity (Wildman–Crippen MR) is 66.6 cm³/mol. The van der Waals surface area contributed by atoms with E-state index < -0.39 is 5.60 Å². The van der Waals surface area contributed by atoms with Crippen LogP contribution in [0.4, 0.5) is 10.5 Å². The zero-order valence-corrected chi connectivity index (χ0v) is 10.5. The Morgan fingerprint density at radius 1 is 1.32 bits per heavy atom. The maximum atomic E-state index is 12.0. The lowest BCUT2D eigenvalue weighted by molar-refractivity contribution is -0.113. The molecule has 1 saturated heterocycles. The van der Waals surface area contributed by atoms with E-state index in [1.807, 2.05) is 0 Å². The summed E-state index contributed by atoms with van der Waals surface area (Å²) in [5.41, 5.74) is 0.216. The molecule has 1 aromatic rings. The van der Waals surface area contributed by atoms with Crippen LogP contribution in [0.2, 0.25) is 0 Å². The van der Waals surface area contributed by atoms with Crippen molar-refractivity contribution >= 4 is 18.1 Å². The summed E-state index contributed by atoms with van der Waals surface area (Å²) in [7, 11) is 0. The van der Waals surface area contributed by atoms with Crippen molar-refractivity contribution in [2.24, 2.45) is 5.92 Å². The molecule has 2 aliphatic rings. The molecule has 1 aliphatic heterocycles. The fraction of sp³-hybridized carbons (Fsp3) is 0.538. The fourth-order valence-corrected chi connectivity index (χ4v) is 2.82. The summed E-state index contributed by atoms with van der Waals surface area (Å²) in [6.07, 6.45) is 8.35. The van der Waals surface area contributed by atoms with Gasteiger partial charge in [0, 0.05) is 5.92 Å². The Hall–Kier alpha value is -1.98. The molecule has 1 aromatic heterocycles. The molecule has 6 nitrogen and oxygen atoms in total. The molecule has 2 heterocycles. The molecule has 0 unspecified atom stereocenters. The summed E-state index contributed by atoms with van der Waals surface area (Å²) < 4.78 is 5.57. The fourth-order valence-electron chi connectivity index (χ4n) is 2.82. The van der Waals surface area contributed by atoms with Gasteiger partial charge in [-0.25, -0.2) is 14.8 Å². The summed E-state index contributed by atoms with van der Waals surface area (Å²) >= 11 is 0. The number of rotatable bonds is 2. The molecule has 0 bridgehead atoms. The minimum atomic E-state index is -0.438. The third kappa shape index (κ3) is 2.18. The largest absolute Gasteiger partial charge is 0.441 e. The molecular formula is C13H15N3O3. The average Bonchev–Trinajstić information content (AvgIpc) is 2.77. The van der Waals surface area contributed by atoms with E-state index in [2.05, 4.69) is 9.97 Å². The molecule has 19 heavy (non-hydrogen) atoms. The lowest BCUT2D eigenvalue weighted by Crippen LogP contribution is -2.38. The van der Waals surface area contributed by atoms with Crippen molar-refractivity contribution in [3.63, 3.8) is 0 Å². The lowest BCUT2D eigenvalue weighted by Gasteiger charge is -2.33. The summed E-state index contributed by atoms with van der Waals surface area (Å²) in [4.78, 5) is 32.2. The topological polar surface area (TPSA) is 72.4 Å². The van der Waals surface area contributed by atoms with Crippen molar-refractivity contribution in [1.82, 2.24) is 9.97 Å². The first kappa shape index (κ1) is 12.1. The normalized spacial score (nSPS) is 30.4. The van der Waals surface area contributed by atoms with Gasteiger partial charge in [-0.2, -0.15) is 0 Å². The highest BCUT2D eigenvalue weighted by atomic mass is 16.6. The van der Waals surface area contributed by atoms with Gasteiger partial charge in [0.05, 0.1) is 24.6 Å². The van der Waals surface area contributed by atoms with Crippen molar-refractivity contribution in [2.45, 2.75) is 31.3 Å². The number of hydrogen-bond donors (Lipinski definition) is 0. The molecule has 2 fully saturated rings. The maximum Gasteiger partial charge on any atom is 0.415 e. The number of amides is 1. The third-order valence-corrected chi connectivity index (χ3v) is 3.96. The SMILES string of the molecule is O=C[C@H]1CC[C@]2(CC1)CN(c1cncnc1)C(=O)O2. The van der Waals surface area contributed by atoms with Crippen LogP contribution in [0.25, 0.3) is 0 Å². The Balaban J connectivity index is 1.75. The van der Waals surface area contributed by atoms with Crippen molar-refractivity contribution in [2.75, 3.05) is 11.4 Å². The number of carbonyl (C=O) groups is 2. The first-order valence-corrected chi connectivity index (χ1v) is 6.43. The van der Waals surface area contributed by atoms with Gasteiger partial charge in [0.25, 0.3) is 0 Å². The van der Waals surface area contributed by atoms with E-state index >= 15 is 0 Å². The van der Waals surface area contributed by atoms with Gasteiger partial charge in [0.1, 0.15) is 18.2 Å². The number of hydrogen-bond acceptors (Lipinski definition) is 5. The van der Waals surface area contributed by atoms with Crippen molar-refractivity contribution in [3.05, 3.63) is 18.7 Å². The number of nitrogens with zero attached hydrogens (tertiary/aromatic N) is 3. The molecule has 100 valence electrons. The summed E-state index contributed by atoms with van der Waals surface area (Å²) in [5, 5.41) is 0. The summed E-state index contributed by atoms with van der Waals surface area (Å²) in [5.74, 6) is 0.110. The number of anilines is 1. The number of aldehydes is 1. The van der Waals surface area contributed by atoms with Gasteiger partial charge in [-0.3, -0.25) is 4.90 Å². The molecule has 1 aliphatic carbocycles. The summed E-state index contributed by atoms with van der Waals surface area (Å²) in [6, 6.07) is 0. The van der Waals surface area contributed by atoms with Gasteiger partial charge in [-0.1, -0.05) is 0 Å². The van der Waals surface area contributed by atoms with Crippen molar-refractivity contribution < 1.29 is 14.3 Å². The first-order chi connectivity index (χ1) is 9.22. The Morgan fingerprint density at radius 3 is 2.63 bits per heavy atom. The second kappa shape index (κ2) is 4.60. The van der Waals surface area contributed by atoms with Crippen LogP contribution < -0.4 is 4.90 Å². The highest BCUT2D eigenvalue weighted by Gasteiger charge is 2.47. The molecule has 6 heteroatoms. The molecule has 0 radical (unpaired) electrons. The van der Waals surface area contributed by atoms with Crippen LogP contribution in [-0.2, 0) is 9.53 Å². The standard InChI is InChI=1S/C13H15N3O3/c17-7-10-1-3-13(4-2-10)8-16(12(18)19-13)11-5-14-9-15-6-11/h5-7,9-10H,1-4,8H2/t10-,13-. The Kier molecular flexibility index (Phi) is 2.93. The third-order valence-electron chi connectivity index (χ3n) is 3.96. The first-order valence-electron chi connectivity index (χ1n) is 6.43. The molecule has 1 saturated carbocycles. The van der Waals surface area contributed by atoms with Gasteiger partial charge in [0.2, 0.25) is 0 Å². The molecule has 3 rings (SSSR count). The average molecular weight is 261 g/mol. The van der Waals surface area contributed by atoms with Crippen LogP contribution in [0.1, 0.15) is 25.7 Å². The quantitative estimate of drug-likeness (QED) is 0.755. The monoisotopic (exact) mass is 261 g/mol. The number of carbonyl (C=O) groups excluding carboxylic acids is 2. The summed E-state index contributed by atoms with van der Waals surface area (Å²) in [6.45, 7) is 0.519. The van der Waals surface area contributed by atoms with E-state index in [0.717, 1.165) is 32.0 Å². The Bertz CT molecular complexity index is 483. The van der Waals surface area contributed by atoms with E-state index in [4.69, 9.17) is 4.74 Å². The Labute approximate surface area is 110 Å². The van der Waals surface area contributed by atoms with E-state index in [-0.39, 0.29) is 12.0 Å². The van der Waals surface area contributed by atoms with Gasteiger partial charge in [0.15, 0.2) is 0 Å². The van der Waals surface area contributed by atoms with Crippen LogP contribution in [-0.4, -0.2) is 34.5 Å². The second-order valence-electron chi connectivity index (χ2n) is 5.21. The Morgan fingerprint density at radius 2 is 2.00 bits per heavy atom. The van der Waals surface area contributed by atoms with Gasteiger partial charge in [-0.05, 0) is 25.7 Å². The van der Waals surface area contributed by atoms with E-state index in [9.17, 15) is 9.59 Å². The van der Waals surface area contributed by atoms with Crippen LogP contribution in [0.3, 0.4) is 0 Å². The maximum absolute atomic E-state index is 12.0. The van der Waals surface area contributed by atoms with Crippen LogP contribution in [0, 0.1) is 5.92 Å². The minimum Gasteiger partial charge on any atom is -0.441 e.